The van der Waals surface area contributed by atoms with E-state index in [1.54, 1.807) is 11.3 Å². The molecule has 1 N–H and O–H groups in total. The molecule has 2 heterocycles. The van der Waals surface area contributed by atoms with Crippen LogP contribution in [0.15, 0.2) is 72.2 Å². The van der Waals surface area contributed by atoms with Crippen molar-refractivity contribution in [3.63, 3.8) is 0 Å². The lowest BCUT2D eigenvalue weighted by atomic mass is 10.1. The van der Waals surface area contributed by atoms with E-state index in [2.05, 4.69) is 89.0 Å². The molecule has 0 atom stereocenters. The first-order valence-electron chi connectivity index (χ1n) is 8.65. The van der Waals surface area contributed by atoms with E-state index in [4.69, 9.17) is 0 Å². The Morgan fingerprint density at radius 2 is 1.72 bits per heavy atom. The Morgan fingerprint density at radius 3 is 2.56 bits per heavy atom. The Labute approximate surface area is 152 Å². The maximum atomic E-state index is 3.58. The molecule has 0 aliphatic carbocycles. The molecule has 126 valence electrons. The van der Waals surface area contributed by atoms with Crippen LogP contribution in [0.1, 0.15) is 21.6 Å². The van der Waals surface area contributed by atoms with Crippen LogP contribution in [0.3, 0.4) is 0 Å². The summed E-state index contributed by atoms with van der Waals surface area (Å²) in [5, 5.41) is 7.05. The van der Waals surface area contributed by atoms with E-state index in [1.165, 1.54) is 32.5 Å². The third-order valence-corrected chi connectivity index (χ3v) is 5.54. The highest BCUT2D eigenvalue weighted by Gasteiger charge is 2.09. The van der Waals surface area contributed by atoms with E-state index < -0.39 is 0 Å². The summed E-state index contributed by atoms with van der Waals surface area (Å²) in [6.07, 6.45) is 2.30. The molecule has 4 rings (SSSR count). The van der Waals surface area contributed by atoms with E-state index in [0.29, 0.717) is 0 Å². The zero-order valence-corrected chi connectivity index (χ0v) is 15.2. The number of para-hydroxylation sites is 1. The largest absolute Gasteiger partial charge is 0.343 e. The van der Waals surface area contributed by atoms with E-state index in [9.17, 15) is 0 Å². The van der Waals surface area contributed by atoms with Gasteiger partial charge < -0.3 is 9.88 Å². The number of hydrogen-bond acceptors (Lipinski definition) is 2. The van der Waals surface area contributed by atoms with Gasteiger partial charge >= 0.3 is 0 Å². The van der Waals surface area contributed by atoms with Gasteiger partial charge in [0.05, 0.1) is 0 Å². The summed E-state index contributed by atoms with van der Waals surface area (Å²) in [5.74, 6) is 0. The van der Waals surface area contributed by atoms with Gasteiger partial charge in [0.15, 0.2) is 0 Å². The predicted octanol–water partition coefficient (Wildman–Crippen LogP) is 5.35. The highest BCUT2D eigenvalue weighted by atomic mass is 32.1. The number of nitrogens with zero attached hydrogens (tertiary/aromatic N) is 1. The zero-order valence-electron chi connectivity index (χ0n) is 14.4. The molecule has 4 aromatic rings. The second-order valence-electron chi connectivity index (χ2n) is 6.41. The van der Waals surface area contributed by atoms with Gasteiger partial charge in [-0.05, 0) is 41.1 Å². The summed E-state index contributed by atoms with van der Waals surface area (Å²) in [6.45, 7) is 4.91. The summed E-state index contributed by atoms with van der Waals surface area (Å²) < 4.78 is 2.37. The van der Waals surface area contributed by atoms with Gasteiger partial charge in [0.25, 0.3) is 0 Å². The average Bonchev–Trinajstić information content (AvgIpc) is 3.26. The normalized spacial score (nSPS) is 11.2. The van der Waals surface area contributed by atoms with Crippen LogP contribution in [0.25, 0.3) is 10.9 Å². The Kier molecular flexibility index (Phi) is 4.68. The highest BCUT2D eigenvalue weighted by Crippen LogP contribution is 2.23. The summed E-state index contributed by atoms with van der Waals surface area (Å²) in [4.78, 5) is 1.38. The molecule has 0 radical (unpaired) electrons. The fourth-order valence-corrected chi connectivity index (χ4v) is 3.97. The number of benzene rings is 2. The van der Waals surface area contributed by atoms with Gasteiger partial charge in [0.2, 0.25) is 0 Å². The van der Waals surface area contributed by atoms with Gasteiger partial charge in [-0.1, -0.05) is 48.5 Å². The zero-order chi connectivity index (χ0) is 17.1. The quantitative estimate of drug-likeness (QED) is 0.498. The molecule has 0 saturated heterocycles. The lowest BCUT2D eigenvalue weighted by Crippen LogP contribution is -2.11. The number of aryl methyl sites for hydroxylation is 1. The molecule has 0 fully saturated rings. The number of nitrogens with one attached hydrogen (secondary N) is 1. The van der Waals surface area contributed by atoms with E-state index in [0.717, 1.165) is 19.6 Å². The molecule has 2 aromatic carbocycles. The number of rotatable bonds is 6. The molecular formula is C22H22N2S. The summed E-state index contributed by atoms with van der Waals surface area (Å²) in [5.41, 5.74) is 5.39. The first-order chi connectivity index (χ1) is 12.3. The molecule has 3 heteroatoms. The van der Waals surface area contributed by atoms with Gasteiger partial charge in [-0.3, -0.25) is 0 Å². The number of hydrogen-bond donors (Lipinski definition) is 1. The van der Waals surface area contributed by atoms with Crippen LogP contribution < -0.4 is 5.32 Å². The van der Waals surface area contributed by atoms with Crippen LogP contribution in [-0.4, -0.2) is 4.57 Å². The van der Waals surface area contributed by atoms with E-state index >= 15 is 0 Å². The van der Waals surface area contributed by atoms with Crippen molar-refractivity contribution in [2.75, 3.05) is 0 Å². The van der Waals surface area contributed by atoms with Crippen molar-refractivity contribution in [3.8, 4) is 0 Å². The SMILES string of the molecule is Cc1ccccc1Cn1cc(CNCc2cccs2)c2ccccc21. The van der Waals surface area contributed by atoms with Crippen LogP contribution >= 0.6 is 11.3 Å². The molecule has 0 spiro atoms. The molecule has 0 amide bonds. The van der Waals surface area contributed by atoms with Crippen LogP contribution in [0.2, 0.25) is 0 Å². The van der Waals surface area contributed by atoms with Gasteiger partial charge in [0, 0.05) is 41.6 Å². The molecule has 0 aliphatic rings. The monoisotopic (exact) mass is 346 g/mol. The first-order valence-corrected chi connectivity index (χ1v) is 9.53. The lowest BCUT2D eigenvalue weighted by Gasteiger charge is -2.08. The molecule has 25 heavy (non-hydrogen) atoms. The van der Waals surface area contributed by atoms with Crippen molar-refractivity contribution in [3.05, 3.63) is 93.8 Å². The van der Waals surface area contributed by atoms with Crippen molar-refractivity contribution in [2.24, 2.45) is 0 Å². The Morgan fingerprint density at radius 1 is 0.880 bits per heavy atom. The van der Waals surface area contributed by atoms with Gasteiger partial charge in [-0.15, -0.1) is 11.3 Å². The van der Waals surface area contributed by atoms with Crippen molar-refractivity contribution >= 4 is 22.2 Å². The minimum absolute atomic E-state index is 0.888. The molecule has 0 aliphatic heterocycles. The Balaban J connectivity index is 1.59. The van der Waals surface area contributed by atoms with Crippen molar-refractivity contribution in [2.45, 2.75) is 26.6 Å². The van der Waals surface area contributed by atoms with Crippen LogP contribution in [0, 0.1) is 6.92 Å². The smallest absolute Gasteiger partial charge is 0.0486 e. The van der Waals surface area contributed by atoms with Crippen LogP contribution in [0.5, 0.6) is 0 Å². The summed E-state index contributed by atoms with van der Waals surface area (Å²) in [7, 11) is 0. The molecule has 0 unspecified atom stereocenters. The number of fused-ring (bicyclic) bond motifs is 1. The molecular weight excluding hydrogens is 324 g/mol. The van der Waals surface area contributed by atoms with Crippen molar-refractivity contribution < 1.29 is 0 Å². The molecule has 0 bridgehead atoms. The van der Waals surface area contributed by atoms with Gasteiger partial charge in [-0.25, -0.2) is 0 Å². The van der Waals surface area contributed by atoms with E-state index in [-0.39, 0.29) is 0 Å². The predicted molar refractivity (Wildman–Crippen MR) is 107 cm³/mol. The van der Waals surface area contributed by atoms with Gasteiger partial charge in [-0.2, -0.15) is 0 Å². The fourth-order valence-electron chi connectivity index (χ4n) is 3.30. The second-order valence-corrected chi connectivity index (χ2v) is 7.44. The molecule has 2 aromatic heterocycles. The van der Waals surface area contributed by atoms with Crippen molar-refractivity contribution in [1.29, 1.82) is 0 Å². The minimum atomic E-state index is 0.888. The topological polar surface area (TPSA) is 17.0 Å². The molecule has 0 saturated carbocycles. The third kappa shape index (κ3) is 3.53. The lowest BCUT2D eigenvalue weighted by molar-refractivity contribution is 0.699. The third-order valence-electron chi connectivity index (χ3n) is 4.67. The fraction of sp³-hybridized carbons (Fsp3) is 0.182. The highest BCUT2D eigenvalue weighted by molar-refractivity contribution is 7.09. The summed E-state index contributed by atoms with van der Waals surface area (Å²) >= 11 is 1.80. The average molecular weight is 346 g/mol. The first kappa shape index (κ1) is 16.1. The van der Waals surface area contributed by atoms with Gasteiger partial charge in [0.1, 0.15) is 0 Å². The number of thiophene rings is 1. The second kappa shape index (κ2) is 7.26. The molecule has 2 nitrogen and oxygen atoms in total. The number of aromatic nitrogens is 1. The minimum Gasteiger partial charge on any atom is -0.343 e. The Bertz CT molecular complexity index is 967. The van der Waals surface area contributed by atoms with Crippen LogP contribution in [-0.2, 0) is 19.6 Å². The maximum Gasteiger partial charge on any atom is 0.0486 e. The standard InChI is InChI=1S/C22H22N2S/c1-17-7-2-3-8-18(17)15-24-16-19(21-10-4-5-11-22(21)24)13-23-14-20-9-6-12-25-20/h2-12,16,23H,13-15H2,1H3. The van der Waals surface area contributed by atoms with Crippen molar-refractivity contribution in [1.82, 2.24) is 9.88 Å². The maximum absolute atomic E-state index is 3.58. The van der Waals surface area contributed by atoms with E-state index in [1.807, 2.05) is 0 Å². The Hall–Kier alpha value is -2.36. The van der Waals surface area contributed by atoms with Crippen LogP contribution in [0.4, 0.5) is 0 Å². The summed E-state index contributed by atoms with van der Waals surface area (Å²) in [6, 6.07) is 21.6.